The summed E-state index contributed by atoms with van der Waals surface area (Å²) in [5.41, 5.74) is 2.97. The summed E-state index contributed by atoms with van der Waals surface area (Å²) >= 11 is 0. The first-order chi connectivity index (χ1) is 12.3. The number of phenols is 1. The third kappa shape index (κ3) is 3.38. The van der Waals surface area contributed by atoms with Crippen molar-refractivity contribution in [3.8, 4) is 17.0 Å². The summed E-state index contributed by atoms with van der Waals surface area (Å²) in [6.45, 7) is 3.68. The van der Waals surface area contributed by atoms with Crippen LogP contribution in [0.1, 0.15) is 0 Å². The van der Waals surface area contributed by atoms with E-state index in [9.17, 15) is 5.11 Å². The highest BCUT2D eigenvalue weighted by Crippen LogP contribution is 2.23. The summed E-state index contributed by atoms with van der Waals surface area (Å²) in [5.74, 6) is 1.14. The van der Waals surface area contributed by atoms with Gasteiger partial charge in [0.15, 0.2) is 0 Å². The summed E-state index contributed by atoms with van der Waals surface area (Å²) in [4.78, 5) is 17.8. The van der Waals surface area contributed by atoms with Crippen LogP contribution in [-0.2, 0) is 0 Å². The molecule has 0 aliphatic carbocycles. The fraction of sp³-hybridized carbons (Fsp3) is 0.211. The van der Waals surface area contributed by atoms with Crippen molar-refractivity contribution in [2.45, 2.75) is 0 Å². The zero-order chi connectivity index (χ0) is 17.1. The third-order valence-corrected chi connectivity index (χ3v) is 4.42. The van der Waals surface area contributed by atoms with Crippen LogP contribution in [0.2, 0.25) is 0 Å². The van der Waals surface area contributed by atoms with Crippen molar-refractivity contribution in [2.75, 3.05) is 36.0 Å². The van der Waals surface area contributed by atoms with Gasteiger partial charge < -0.3 is 14.9 Å². The Balaban J connectivity index is 1.48. The van der Waals surface area contributed by atoms with Crippen molar-refractivity contribution in [1.29, 1.82) is 0 Å². The van der Waals surface area contributed by atoms with E-state index in [-0.39, 0.29) is 5.75 Å². The van der Waals surface area contributed by atoms with Gasteiger partial charge in [0.1, 0.15) is 11.6 Å². The SMILES string of the molecule is Oc1ccc(-c2cncc(N3CCN(c4ccncc4)CC3)n2)cc1. The first kappa shape index (κ1) is 15.4. The normalized spacial score (nSPS) is 14.6. The Morgan fingerprint density at radius 3 is 2.16 bits per heavy atom. The van der Waals surface area contributed by atoms with Crippen LogP contribution in [0, 0.1) is 0 Å². The predicted octanol–water partition coefficient (Wildman–Crippen LogP) is 2.57. The standard InChI is InChI=1S/C19H19N5O/c25-17-3-1-15(2-4-17)18-13-21-14-19(22-18)24-11-9-23(10-12-24)16-5-7-20-8-6-16/h1-8,13-14,25H,9-12H2. The maximum atomic E-state index is 9.43. The molecule has 4 rings (SSSR count). The van der Waals surface area contributed by atoms with E-state index >= 15 is 0 Å². The topological polar surface area (TPSA) is 65.4 Å². The van der Waals surface area contributed by atoms with E-state index in [2.05, 4.69) is 19.8 Å². The van der Waals surface area contributed by atoms with E-state index in [0.29, 0.717) is 0 Å². The summed E-state index contributed by atoms with van der Waals surface area (Å²) in [7, 11) is 0. The van der Waals surface area contributed by atoms with Crippen LogP contribution in [0.4, 0.5) is 11.5 Å². The van der Waals surface area contributed by atoms with Gasteiger partial charge in [-0.05, 0) is 36.4 Å². The molecule has 6 heteroatoms. The number of hydrogen-bond acceptors (Lipinski definition) is 6. The highest BCUT2D eigenvalue weighted by Gasteiger charge is 2.19. The highest BCUT2D eigenvalue weighted by atomic mass is 16.3. The molecule has 1 aromatic carbocycles. The third-order valence-electron chi connectivity index (χ3n) is 4.42. The van der Waals surface area contributed by atoms with Gasteiger partial charge >= 0.3 is 0 Å². The lowest BCUT2D eigenvalue weighted by molar-refractivity contribution is 0.475. The molecular weight excluding hydrogens is 314 g/mol. The van der Waals surface area contributed by atoms with Crippen molar-refractivity contribution in [1.82, 2.24) is 15.0 Å². The first-order valence-electron chi connectivity index (χ1n) is 8.31. The lowest BCUT2D eigenvalue weighted by atomic mass is 10.1. The Labute approximate surface area is 146 Å². The molecule has 6 nitrogen and oxygen atoms in total. The largest absolute Gasteiger partial charge is 0.508 e. The van der Waals surface area contributed by atoms with E-state index in [0.717, 1.165) is 43.3 Å². The first-order valence-corrected chi connectivity index (χ1v) is 8.31. The number of nitrogens with zero attached hydrogens (tertiary/aromatic N) is 5. The average molecular weight is 333 g/mol. The predicted molar refractivity (Wildman–Crippen MR) is 97.8 cm³/mol. The van der Waals surface area contributed by atoms with E-state index in [1.165, 1.54) is 5.69 Å². The number of aromatic nitrogens is 3. The van der Waals surface area contributed by atoms with Gasteiger partial charge in [-0.1, -0.05) is 0 Å². The molecule has 1 aliphatic heterocycles. The van der Waals surface area contributed by atoms with Crippen molar-refractivity contribution >= 4 is 11.5 Å². The smallest absolute Gasteiger partial charge is 0.147 e. The van der Waals surface area contributed by atoms with Crippen LogP contribution in [0.15, 0.2) is 61.2 Å². The van der Waals surface area contributed by atoms with Gasteiger partial charge in [-0.15, -0.1) is 0 Å². The fourth-order valence-electron chi connectivity index (χ4n) is 3.03. The van der Waals surface area contributed by atoms with E-state index in [1.54, 1.807) is 18.3 Å². The second-order valence-electron chi connectivity index (χ2n) is 5.99. The molecule has 25 heavy (non-hydrogen) atoms. The van der Waals surface area contributed by atoms with Gasteiger partial charge in [0.25, 0.3) is 0 Å². The van der Waals surface area contributed by atoms with Gasteiger partial charge in [-0.2, -0.15) is 0 Å². The Kier molecular flexibility index (Phi) is 4.16. The quantitative estimate of drug-likeness (QED) is 0.795. The van der Waals surface area contributed by atoms with Crippen molar-refractivity contribution < 1.29 is 5.11 Å². The molecule has 1 N–H and O–H groups in total. The molecule has 126 valence electrons. The van der Waals surface area contributed by atoms with E-state index < -0.39 is 0 Å². The number of pyridine rings is 1. The molecule has 3 aromatic rings. The Morgan fingerprint density at radius 1 is 0.760 bits per heavy atom. The number of benzene rings is 1. The number of rotatable bonds is 3. The molecule has 0 unspecified atom stereocenters. The number of aromatic hydroxyl groups is 1. The van der Waals surface area contributed by atoms with Crippen molar-refractivity contribution in [2.24, 2.45) is 0 Å². The summed E-state index contributed by atoms with van der Waals surface area (Å²) in [5, 5.41) is 9.43. The van der Waals surface area contributed by atoms with Crippen LogP contribution in [0.3, 0.4) is 0 Å². The molecule has 3 heterocycles. The summed E-state index contributed by atoms with van der Waals surface area (Å²) in [6, 6.07) is 11.1. The van der Waals surface area contributed by atoms with Gasteiger partial charge in [0.05, 0.1) is 18.1 Å². The lowest BCUT2D eigenvalue weighted by Gasteiger charge is -2.36. The van der Waals surface area contributed by atoms with Crippen molar-refractivity contribution in [3.63, 3.8) is 0 Å². The number of anilines is 2. The van der Waals surface area contributed by atoms with Crippen LogP contribution < -0.4 is 9.80 Å². The number of piperazine rings is 1. The maximum Gasteiger partial charge on any atom is 0.147 e. The fourth-order valence-corrected chi connectivity index (χ4v) is 3.03. The molecule has 1 aliphatic rings. The Hall–Kier alpha value is -3.15. The van der Waals surface area contributed by atoms with Crippen LogP contribution in [0.25, 0.3) is 11.3 Å². The van der Waals surface area contributed by atoms with E-state index in [1.807, 2.05) is 42.9 Å². The van der Waals surface area contributed by atoms with Crippen molar-refractivity contribution in [3.05, 3.63) is 61.2 Å². The number of hydrogen-bond donors (Lipinski definition) is 1. The highest BCUT2D eigenvalue weighted by molar-refractivity contribution is 5.61. The van der Waals surface area contributed by atoms with E-state index in [4.69, 9.17) is 4.98 Å². The monoisotopic (exact) mass is 333 g/mol. The summed E-state index contributed by atoms with van der Waals surface area (Å²) < 4.78 is 0. The Morgan fingerprint density at radius 2 is 1.44 bits per heavy atom. The minimum atomic E-state index is 0.250. The second kappa shape index (κ2) is 6.76. The molecular formula is C19H19N5O. The van der Waals surface area contributed by atoms with Crippen LogP contribution in [-0.4, -0.2) is 46.2 Å². The molecule has 0 radical (unpaired) electrons. The molecule has 2 aromatic heterocycles. The molecule has 0 amide bonds. The number of phenolic OH excluding ortho intramolecular Hbond substituents is 1. The van der Waals surface area contributed by atoms with Gasteiger partial charge in [-0.3, -0.25) is 9.97 Å². The van der Waals surface area contributed by atoms with Gasteiger partial charge in [0.2, 0.25) is 0 Å². The second-order valence-corrected chi connectivity index (χ2v) is 5.99. The zero-order valence-corrected chi connectivity index (χ0v) is 13.8. The van der Waals surface area contributed by atoms with Gasteiger partial charge in [-0.25, -0.2) is 4.98 Å². The molecule has 1 saturated heterocycles. The minimum Gasteiger partial charge on any atom is -0.508 e. The molecule has 0 atom stereocenters. The molecule has 0 saturated carbocycles. The maximum absolute atomic E-state index is 9.43. The minimum absolute atomic E-state index is 0.250. The molecule has 0 bridgehead atoms. The molecule has 1 fully saturated rings. The Bertz CT molecular complexity index is 830. The summed E-state index contributed by atoms with van der Waals surface area (Å²) in [6.07, 6.45) is 7.22. The molecule has 0 spiro atoms. The van der Waals surface area contributed by atoms with Crippen LogP contribution in [0.5, 0.6) is 5.75 Å². The van der Waals surface area contributed by atoms with Gasteiger partial charge in [0, 0.05) is 49.8 Å². The zero-order valence-electron chi connectivity index (χ0n) is 13.8. The average Bonchev–Trinajstić information content (AvgIpc) is 2.69. The lowest BCUT2D eigenvalue weighted by Crippen LogP contribution is -2.46. The van der Waals surface area contributed by atoms with Crippen LogP contribution >= 0.6 is 0 Å².